The van der Waals surface area contributed by atoms with Crippen molar-refractivity contribution in [3.8, 4) is 0 Å². The molecule has 0 heterocycles. The van der Waals surface area contributed by atoms with Gasteiger partial charge in [0.2, 0.25) is 0 Å². The zero-order chi connectivity index (χ0) is 36.1. The zero-order valence-electron chi connectivity index (χ0n) is 35.0. The molecule has 11 heavy (non-hydrogen) atoms. The van der Waals surface area contributed by atoms with E-state index in [1.807, 2.05) is 0 Å². The van der Waals surface area contributed by atoms with Crippen molar-refractivity contribution in [2.45, 2.75) is 19.8 Å². The second-order valence-electron chi connectivity index (χ2n) is 2.71. The van der Waals surface area contributed by atoms with Crippen LogP contribution in [-0.2, 0) is 12.8 Å². The fraction of sp³-hybridized carbons (Fsp3) is 0.400. The molecular formula is C10H43N. The molecule has 0 saturated carbocycles. The molecule has 1 aromatic rings. The smallest absolute Gasteiger partial charge is 0 e. The molecule has 0 unspecified atom stereocenters. The van der Waals surface area contributed by atoms with E-state index in [2.05, 4.69) is 31.2 Å². The fourth-order valence-corrected chi connectivity index (χ4v) is 1.11. The van der Waals surface area contributed by atoms with Gasteiger partial charge in [-0.2, -0.15) is 0 Å². The lowest BCUT2D eigenvalue weighted by Gasteiger charge is -1.99. The maximum absolute atomic E-state index is 5.43. The van der Waals surface area contributed by atoms with Crippen molar-refractivity contribution < 1.29 is 41.6 Å². The number of benzene rings is 1. The van der Waals surface area contributed by atoms with Gasteiger partial charge in [-0.05, 0) is 30.5 Å². The van der Waals surface area contributed by atoms with Crippen LogP contribution in [0.4, 0.5) is 0 Å². The highest BCUT2D eigenvalue weighted by atomic mass is 14.5. The Morgan fingerprint density at radius 3 is 2.27 bits per heavy atom. The molecule has 1 nitrogen and oxygen atoms in total. The first-order chi connectivity index (χ1) is 19.4. The molecule has 0 atom stereocenters. The fourth-order valence-electron chi connectivity index (χ4n) is 1.11. The molecule has 0 aromatic heterocycles. The van der Waals surface area contributed by atoms with Gasteiger partial charge in [0.15, 0.2) is 0 Å². The van der Waals surface area contributed by atoms with E-state index in [9.17, 15) is 0 Å². The van der Waals surface area contributed by atoms with Crippen molar-refractivity contribution >= 4 is 0 Å². The van der Waals surface area contributed by atoms with Crippen LogP contribution in [0.1, 0.15) is 59.6 Å². The monoisotopic (exact) mass is 206 g/mol. The number of hydrogen-bond donors (Lipinski definition) is 1. The van der Waals surface area contributed by atoms with Crippen molar-refractivity contribution in [2.75, 3.05) is 6.54 Å². The Balaban J connectivity index is -0.0000000161. The maximum Gasteiger partial charge on any atom is 0 e. The van der Waals surface area contributed by atoms with E-state index in [-0.39, 0.29) is 0 Å². The van der Waals surface area contributed by atoms with Crippen molar-refractivity contribution in [3.63, 3.8) is 0 Å². The van der Waals surface area contributed by atoms with E-state index in [1.165, 1.54) is 11.1 Å². The summed E-state index contributed by atoms with van der Waals surface area (Å²) < 4.78 is 140. The highest BCUT2D eigenvalue weighted by molar-refractivity contribution is 5.22. The van der Waals surface area contributed by atoms with Gasteiger partial charge in [-0.25, -0.2) is 0 Å². The molecule has 1 aromatic carbocycles. The standard InChI is InChI=1S/C10H15N.14H2/c1-2-9-3-5-10(6-4-9)7-8-11;;;;;;;;;;;;;;/h3-6H,2,7-8,11H2,1H3;14*1H/i;14*1+1D. The SMILES string of the molecule is CCc1ccc(CCN)cc1.[2H][2H].[2H][2H].[2H][2H].[2H][2H].[2H][2H].[2H][2H].[2H][2H].[2H][2H].[2H][2H].[2H][2H].[2H][2H].[2H][2H].[2H][2H].[2H][2H]. The third-order valence-electron chi connectivity index (χ3n) is 1.86. The van der Waals surface area contributed by atoms with Gasteiger partial charge in [0.05, 0.1) is 0 Å². The molecule has 0 aliphatic rings. The predicted octanol–water partition coefficient (Wildman–Crippen LogP) is 5.19. The average Bonchev–Trinajstić information content (AvgIpc) is 3.14. The quantitative estimate of drug-likeness (QED) is 0.722. The van der Waals surface area contributed by atoms with E-state index in [0.717, 1.165) is 19.4 Å². The van der Waals surface area contributed by atoms with Gasteiger partial charge >= 0.3 is 0 Å². The summed E-state index contributed by atoms with van der Waals surface area (Å²) >= 11 is 0. The van der Waals surface area contributed by atoms with E-state index < -0.39 is 0 Å². The highest BCUT2D eigenvalue weighted by Gasteiger charge is 1.90. The first kappa shape index (κ1) is 1.47. The minimum Gasteiger partial charge on any atom is -0.330 e. The lowest BCUT2D eigenvalue weighted by molar-refractivity contribution is 0.966. The normalized spacial score (nSPS) is 20.2. The largest absolute Gasteiger partial charge is 0.330 e. The molecular weight excluding hydrogens is 134 g/mol. The molecule has 0 aliphatic heterocycles. The zero-order valence-corrected chi connectivity index (χ0v) is 7.01. The van der Waals surface area contributed by atoms with Gasteiger partial charge in [-0.1, -0.05) is 31.2 Å². The molecule has 0 amide bonds. The van der Waals surface area contributed by atoms with Crippen LogP contribution in [-0.4, -0.2) is 6.54 Å². The summed E-state index contributed by atoms with van der Waals surface area (Å²) in [7, 11) is 0. The van der Waals surface area contributed by atoms with Crippen LogP contribution in [0.3, 0.4) is 0 Å². The Kier molecular flexibility index (Phi) is 0.552. The molecule has 2 N–H and O–H groups in total. The van der Waals surface area contributed by atoms with Crippen LogP contribution in [0.2, 0.25) is 0 Å². The molecule has 0 radical (unpaired) electrons. The Labute approximate surface area is 111 Å². The molecule has 0 bridgehead atoms. The summed E-state index contributed by atoms with van der Waals surface area (Å²) in [4.78, 5) is 0. The first-order valence-electron chi connectivity index (χ1n) is 18.1. The molecule has 0 spiro atoms. The number of hydrogen-bond acceptors (Lipinski definition) is 1. The van der Waals surface area contributed by atoms with E-state index in [1.54, 1.807) is 0 Å². The van der Waals surface area contributed by atoms with Crippen LogP contribution in [0.5, 0.6) is 0 Å². The van der Waals surface area contributed by atoms with Gasteiger partial charge in [0.1, 0.15) is 0 Å². The summed E-state index contributed by atoms with van der Waals surface area (Å²) in [6.07, 6.45) is 2.10. The number of aryl methyl sites for hydroxylation is 1. The van der Waals surface area contributed by atoms with Crippen molar-refractivity contribution in [3.05, 3.63) is 35.4 Å². The van der Waals surface area contributed by atoms with Gasteiger partial charge in [-0.3, -0.25) is 0 Å². The Morgan fingerprint density at radius 2 is 1.82 bits per heavy atom. The van der Waals surface area contributed by atoms with Crippen molar-refractivity contribution in [1.29, 1.82) is 0 Å². The van der Waals surface area contributed by atoms with Gasteiger partial charge < -0.3 is 5.73 Å². The Morgan fingerprint density at radius 1 is 1.27 bits per heavy atom. The summed E-state index contributed by atoms with van der Waals surface area (Å²) in [6, 6.07) is 8.66. The molecule has 0 saturated heterocycles. The second kappa shape index (κ2) is 4.14. The van der Waals surface area contributed by atoms with Gasteiger partial charge in [0, 0.05) is 41.6 Å². The molecule has 0 aliphatic carbocycles. The molecule has 1 rings (SSSR count). The van der Waals surface area contributed by atoms with Crippen molar-refractivity contribution in [1.82, 2.24) is 0 Å². The first-order valence-corrected chi connectivity index (χ1v) is 4.14. The third kappa shape index (κ3) is 2.35. The van der Waals surface area contributed by atoms with Crippen LogP contribution in [0.15, 0.2) is 24.3 Å². The second-order valence-corrected chi connectivity index (χ2v) is 2.71. The predicted molar refractivity (Wildman–Crippen MR) is 78.2 cm³/mol. The minimum absolute atomic E-state index is 0.742. The minimum atomic E-state index is 0.742. The average molecular weight is 206 g/mol. The Bertz CT molecular complexity index is 234. The summed E-state index contributed by atoms with van der Waals surface area (Å²) in [5.41, 5.74) is 8.16. The molecule has 1 heteroatoms. The lowest BCUT2D eigenvalue weighted by atomic mass is 10.1. The lowest BCUT2D eigenvalue weighted by Crippen LogP contribution is -2.02. The van der Waals surface area contributed by atoms with Crippen LogP contribution in [0, 0.1) is 0 Å². The molecule has 88 valence electrons. The highest BCUT2D eigenvalue weighted by Crippen LogP contribution is 2.04. The Hall–Kier alpha value is -0.820. The summed E-state index contributed by atoms with van der Waals surface area (Å²) in [5, 5.41) is 0. The van der Waals surface area contributed by atoms with E-state index in [4.69, 9.17) is 47.3 Å². The van der Waals surface area contributed by atoms with Gasteiger partial charge in [-0.15, -0.1) is 0 Å². The number of nitrogens with two attached hydrogens (primary N) is 1. The van der Waals surface area contributed by atoms with Gasteiger partial charge in [0.25, 0.3) is 0 Å². The summed E-state index contributed by atoms with van der Waals surface area (Å²) in [5.74, 6) is 0. The summed E-state index contributed by atoms with van der Waals surface area (Å²) in [6.45, 7) is 2.91. The number of rotatable bonds is 3. The molecule has 0 fully saturated rings. The van der Waals surface area contributed by atoms with Crippen LogP contribution >= 0.6 is 0 Å². The van der Waals surface area contributed by atoms with E-state index in [0.29, 0.717) is 0 Å². The maximum atomic E-state index is 5.43. The van der Waals surface area contributed by atoms with Crippen LogP contribution in [0.25, 0.3) is 0 Å². The van der Waals surface area contributed by atoms with Crippen molar-refractivity contribution in [2.24, 2.45) is 5.73 Å². The van der Waals surface area contributed by atoms with E-state index >= 15 is 0 Å². The van der Waals surface area contributed by atoms with Crippen LogP contribution < -0.4 is 5.73 Å². The topological polar surface area (TPSA) is 26.0 Å². The third-order valence-corrected chi connectivity index (χ3v) is 1.86.